The number of hydrogen-bond acceptors (Lipinski definition) is 14. The second-order valence-electron chi connectivity index (χ2n) is 19.7. The van der Waals surface area contributed by atoms with Gasteiger partial charge in [0.1, 0.15) is 47.4 Å². The highest BCUT2D eigenvalue weighted by atomic mass is 16.5. The lowest BCUT2D eigenvalue weighted by Crippen LogP contribution is -2.31. The van der Waals surface area contributed by atoms with Crippen LogP contribution in [0.25, 0.3) is 22.3 Å². The number of aliphatic imine (C=N–C) groups is 1. The molecule has 6 aromatic rings. The first-order valence-corrected chi connectivity index (χ1v) is 27.0. The van der Waals surface area contributed by atoms with Crippen molar-refractivity contribution in [3.8, 4) is 23.0 Å². The molecule has 436 valence electrons. The molecule has 20 heteroatoms. The normalized spacial score (nSPS) is 18.9. The number of H-pyrrole nitrogens is 2. The van der Waals surface area contributed by atoms with Crippen molar-refractivity contribution in [3.63, 3.8) is 0 Å². The molecule has 7 N–H and O–H groups in total. The first-order chi connectivity index (χ1) is 40.6. The van der Waals surface area contributed by atoms with Crippen molar-refractivity contribution in [1.29, 1.82) is 0 Å². The summed E-state index contributed by atoms with van der Waals surface area (Å²) in [6.45, 7) is 6.55. The quantitative estimate of drug-likeness (QED) is 0.0393. The number of nitrogens with one attached hydrogen (secondary N) is 7. The molecule has 0 saturated carbocycles. The van der Waals surface area contributed by atoms with Crippen molar-refractivity contribution < 1.29 is 57.1 Å². The summed E-state index contributed by atoms with van der Waals surface area (Å²) in [5.41, 5.74) is 8.10. The number of aromatic nitrogens is 2. The van der Waals surface area contributed by atoms with Gasteiger partial charge in [0.25, 0.3) is 23.6 Å². The van der Waals surface area contributed by atoms with Gasteiger partial charge in [0.15, 0.2) is 0 Å². The Kier molecular flexibility index (Phi) is 18.1. The number of benzene rings is 4. The molecular formula is C64H68N8O12. The maximum Gasteiger partial charge on any atom is 0.253 e. The SMILES string of the molecule is COc1cccc(OC)c1/C1=C2\C=CC(=N2)/C(c2c(NC(=O)[C@@H](C)OC)cccc2NC(=O)[C@@H](C)OC)=c2/cc/c([nH]2)=C(\c2c(OC)cccc2OC)C2C=C/C(=C(\c3c(NC(=O)[C@@H](C)OC)cccc3NC(=O)[C@@H](C)OC)c3ccc1[nH]3)N2. The number of allylic oxidation sites excluding steroid dienone is 3. The van der Waals surface area contributed by atoms with Gasteiger partial charge < -0.3 is 74.4 Å². The third kappa shape index (κ3) is 11.6. The van der Waals surface area contributed by atoms with Gasteiger partial charge in [0.05, 0.1) is 79.8 Å². The van der Waals surface area contributed by atoms with Crippen LogP contribution in [0.5, 0.6) is 23.0 Å². The summed E-state index contributed by atoms with van der Waals surface area (Å²) in [6.07, 6.45) is 4.24. The minimum absolute atomic E-state index is 0.333. The minimum atomic E-state index is -0.859. The molecule has 5 heterocycles. The van der Waals surface area contributed by atoms with Crippen LogP contribution in [-0.2, 0) is 38.1 Å². The number of aromatic amines is 2. The van der Waals surface area contributed by atoms with Crippen LogP contribution in [0, 0.1) is 0 Å². The first-order valence-electron chi connectivity index (χ1n) is 27.0. The van der Waals surface area contributed by atoms with Crippen LogP contribution in [0.1, 0.15) is 61.3 Å². The Hall–Kier alpha value is -9.47. The molecule has 8 bridgehead atoms. The van der Waals surface area contributed by atoms with Crippen molar-refractivity contribution in [2.24, 2.45) is 4.99 Å². The van der Waals surface area contributed by atoms with Crippen molar-refractivity contribution in [2.45, 2.75) is 58.2 Å². The van der Waals surface area contributed by atoms with E-state index in [1.807, 2.05) is 85.0 Å². The lowest BCUT2D eigenvalue weighted by atomic mass is 9.95. The third-order valence-electron chi connectivity index (χ3n) is 14.9. The molecule has 1 unspecified atom stereocenters. The van der Waals surface area contributed by atoms with Crippen LogP contribution in [-0.4, -0.2) is 127 Å². The fourth-order valence-corrected chi connectivity index (χ4v) is 10.1. The van der Waals surface area contributed by atoms with Gasteiger partial charge >= 0.3 is 0 Å². The summed E-state index contributed by atoms with van der Waals surface area (Å²) in [6, 6.07) is 28.4. The van der Waals surface area contributed by atoms with E-state index in [0.717, 1.165) is 0 Å². The number of hydrogen-bond donors (Lipinski definition) is 7. The molecule has 0 aliphatic carbocycles. The van der Waals surface area contributed by atoms with Gasteiger partial charge in [-0.3, -0.25) is 19.2 Å². The van der Waals surface area contributed by atoms with E-state index in [1.54, 1.807) is 92.5 Å². The van der Waals surface area contributed by atoms with Crippen LogP contribution >= 0.6 is 0 Å². The van der Waals surface area contributed by atoms with E-state index in [4.69, 9.17) is 42.9 Å². The summed E-state index contributed by atoms with van der Waals surface area (Å²) in [4.78, 5) is 68.9. The number of nitrogens with zero attached hydrogens (tertiary/aromatic N) is 1. The highest BCUT2D eigenvalue weighted by Crippen LogP contribution is 2.46. The molecule has 3 aliphatic heterocycles. The van der Waals surface area contributed by atoms with Gasteiger partial charge in [0, 0.05) is 89.6 Å². The van der Waals surface area contributed by atoms with E-state index in [0.29, 0.717) is 129 Å². The van der Waals surface area contributed by atoms with Gasteiger partial charge in [-0.15, -0.1) is 0 Å². The maximum atomic E-state index is 14.0. The summed E-state index contributed by atoms with van der Waals surface area (Å²) in [5, 5.41) is 17.3. The predicted molar refractivity (Wildman–Crippen MR) is 323 cm³/mol. The molecule has 0 fully saturated rings. The average molecular weight is 1140 g/mol. The van der Waals surface area contributed by atoms with E-state index in [9.17, 15) is 19.2 Å². The van der Waals surface area contributed by atoms with Gasteiger partial charge in [-0.05, 0) is 119 Å². The summed E-state index contributed by atoms with van der Waals surface area (Å²) >= 11 is 0. The molecule has 3 aliphatic rings. The molecule has 0 radical (unpaired) electrons. The van der Waals surface area contributed by atoms with E-state index < -0.39 is 54.1 Å². The summed E-state index contributed by atoms with van der Waals surface area (Å²) < 4.78 is 46.4. The zero-order valence-electron chi connectivity index (χ0n) is 48.8. The van der Waals surface area contributed by atoms with E-state index in [2.05, 4.69) is 36.6 Å². The Morgan fingerprint density at radius 2 is 0.845 bits per heavy atom. The molecule has 4 amide bonds. The predicted octanol–water partition coefficient (Wildman–Crippen LogP) is 7.44. The molecule has 5 atom stereocenters. The lowest BCUT2D eigenvalue weighted by Gasteiger charge is -2.24. The Labute approximate surface area is 486 Å². The molecule has 4 aromatic carbocycles. The van der Waals surface area contributed by atoms with Crippen molar-refractivity contribution in [2.75, 3.05) is 78.1 Å². The third-order valence-corrected chi connectivity index (χ3v) is 14.9. The Bertz CT molecular complexity index is 3720. The van der Waals surface area contributed by atoms with Crippen LogP contribution in [0.2, 0.25) is 0 Å². The number of anilines is 4. The number of amides is 4. The maximum absolute atomic E-state index is 14.0. The standard InChI is InChI=1S/C64H68N8O12/c1-33(77-5)61(73)69-37-17-13-18-38(70-62(74)34(2)78-6)53(37)55-41-25-29-45(65-41)57(59-49(81-9)21-15-22-50(59)82-10)47-31-27-43(67-47)56(54-39(71-63(75)35(3)79-7)19-14-20-40(54)72-64(76)36(4)80-8)44-28-32-48(68-44)58(46-30-26-42(55)66-46)60-51(83-11)23-16-24-52(60)84-12/h13-36,45,65-67H,1-12H3,(H,69,73)(H,70,74)(H,71,75)(H,72,76)/b55-41+,56-43+,57-47+,58-48+/t33-,34-,35-,36-,45?/m1/s1. The molecule has 9 rings (SSSR count). The number of fused-ring (bicyclic) bond motifs is 7. The Morgan fingerprint density at radius 1 is 0.440 bits per heavy atom. The van der Waals surface area contributed by atoms with Gasteiger partial charge in [-0.2, -0.15) is 0 Å². The van der Waals surface area contributed by atoms with Crippen LogP contribution in [0.4, 0.5) is 22.7 Å². The minimum Gasteiger partial charge on any atom is -0.496 e. The van der Waals surface area contributed by atoms with E-state index in [1.165, 1.54) is 28.4 Å². The summed E-state index contributed by atoms with van der Waals surface area (Å²) in [7, 11) is 12.1. The Morgan fingerprint density at radius 3 is 1.29 bits per heavy atom. The number of carbonyl (C=O) groups excluding carboxylic acids is 4. The second kappa shape index (κ2) is 25.8. The van der Waals surface area contributed by atoms with Gasteiger partial charge in [-0.1, -0.05) is 30.3 Å². The Balaban J connectivity index is 1.47. The number of rotatable bonds is 20. The largest absolute Gasteiger partial charge is 0.496 e. The average Bonchev–Trinajstić information content (AvgIpc) is 2.34. The highest BCUT2D eigenvalue weighted by Gasteiger charge is 2.33. The molecular weight excluding hydrogens is 1070 g/mol. The molecule has 84 heavy (non-hydrogen) atoms. The molecule has 0 spiro atoms. The fourth-order valence-electron chi connectivity index (χ4n) is 10.1. The van der Waals surface area contributed by atoms with E-state index >= 15 is 0 Å². The fraction of sp³-hybridized carbons (Fsp3) is 0.266. The molecule has 2 aromatic heterocycles. The number of carbonyl (C=O) groups is 4. The number of ether oxygens (including phenoxy) is 8. The lowest BCUT2D eigenvalue weighted by molar-refractivity contribution is -0.125. The smallest absolute Gasteiger partial charge is 0.253 e. The van der Waals surface area contributed by atoms with Gasteiger partial charge in [0.2, 0.25) is 0 Å². The van der Waals surface area contributed by atoms with E-state index in [-0.39, 0.29) is 0 Å². The first kappa shape index (κ1) is 59.2. The van der Waals surface area contributed by atoms with Crippen LogP contribution < -0.4 is 56.2 Å². The topological polar surface area (TPSA) is 246 Å². The van der Waals surface area contributed by atoms with Crippen molar-refractivity contribution in [1.82, 2.24) is 15.3 Å². The molecule has 20 nitrogen and oxygen atoms in total. The molecule has 0 saturated heterocycles. The van der Waals surface area contributed by atoms with Gasteiger partial charge in [-0.25, -0.2) is 4.99 Å². The van der Waals surface area contributed by atoms with Crippen LogP contribution in [0.3, 0.4) is 0 Å². The monoisotopic (exact) mass is 1140 g/mol. The van der Waals surface area contributed by atoms with Crippen LogP contribution in [0.15, 0.2) is 138 Å². The number of methoxy groups -OCH3 is 8. The zero-order chi connectivity index (χ0) is 59.9. The second-order valence-corrected chi connectivity index (χ2v) is 19.7. The van der Waals surface area contributed by atoms with Crippen molar-refractivity contribution >= 4 is 74.4 Å². The van der Waals surface area contributed by atoms with Crippen molar-refractivity contribution in [3.05, 3.63) is 177 Å². The highest BCUT2D eigenvalue weighted by molar-refractivity contribution is 6.33. The summed E-state index contributed by atoms with van der Waals surface area (Å²) in [5.74, 6) is 0.154. The zero-order valence-corrected chi connectivity index (χ0v) is 48.8.